The number of ether oxygens (including phenoxy) is 1. The largest absolute Gasteiger partial charge is 0.465 e. The van der Waals surface area contributed by atoms with E-state index in [2.05, 4.69) is 10.3 Å². The quantitative estimate of drug-likeness (QED) is 0.693. The van der Waals surface area contributed by atoms with Crippen LogP contribution < -0.4 is 5.32 Å². The van der Waals surface area contributed by atoms with Crippen molar-refractivity contribution in [1.82, 2.24) is 9.88 Å². The normalized spacial score (nSPS) is 11.2. The highest BCUT2D eigenvalue weighted by molar-refractivity contribution is 6.02. The topological polar surface area (TPSA) is 91.5 Å². The number of hydrogen-bond acceptors (Lipinski definition) is 4. The number of H-pyrrole nitrogens is 1. The number of rotatable bonds is 6. The van der Waals surface area contributed by atoms with Gasteiger partial charge in [0.05, 0.1) is 23.9 Å². The summed E-state index contributed by atoms with van der Waals surface area (Å²) in [7, 11) is 1.22. The Morgan fingerprint density at radius 2 is 1.80 bits per heavy atom. The number of nitrogens with zero attached hydrogens (tertiary/aromatic N) is 1. The number of aromatic nitrogens is 1. The Morgan fingerprint density at radius 1 is 1.17 bits per heavy atom. The van der Waals surface area contributed by atoms with Gasteiger partial charge in [0.15, 0.2) is 0 Å². The first-order chi connectivity index (χ1) is 14.0. The molecule has 0 aliphatic heterocycles. The molecular formula is C20H22F3N3O4. The third kappa shape index (κ3) is 4.81. The Hall–Kier alpha value is -3.30. The molecule has 0 aliphatic carbocycles. The summed E-state index contributed by atoms with van der Waals surface area (Å²) >= 11 is 0. The number of para-hydroxylation sites is 1. The summed E-state index contributed by atoms with van der Waals surface area (Å²) in [5, 5.41) is 2.21. The van der Waals surface area contributed by atoms with Gasteiger partial charge in [0.25, 0.3) is 5.91 Å². The zero-order valence-electron chi connectivity index (χ0n) is 16.9. The number of aryl methyl sites for hydroxylation is 1. The number of benzene rings is 1. The van der Waals surface area contributed by atoms with Crippen LogP contribution in [0.15, 0.2) is 24.3 Å². The van der Waals surface area contributed by atoms with Gasteiger partial charge in [-0.25, -0.2) is 4.79 Å². The molecule has 0 atom stereocenters. The minimum Gasteiger partial charge on any atom is -0.465 e. The fourth-order valence-electron chi connectivity index (χ4n) is 3.06. The van der Waals surface area contributed by atoms with E-state index >= 15 is 0 Å². The molecule has 7 nitrogen and oxygen atoms in total. The molecule has 0 aliphatic rings. The molecule has 162 valence electrons. The van der Waals surface area contributed by atoms with Crippen LogP contribution in [0.25, 0.3) is 0 Å². The first-order valence-corrected chi connectivity index (χ1v) is 9.04. The lowest BCUT2D eigenvalue weighted by Gasteiger charge is -2.21. The second-order valence-corrected chi connectivity index (χ2v) is 6.53. The molecular weight excluding hydrogens is 403 g/mol. The van der Waals surface area contributed by atoms with Crippen LogP contribution in [0.4, 0.5) is 18.9 Å². The number of methoxy groups -OCH3 is 1. The lowest BCUT2D eigenvalue weighted by Crippen LogP contribution is -2.38. The zero-order chi connectivity index (χ0) is 22.6. The SMILES string of the molecule is CCN(CC(=O)Nc1ccccc1C(F)(F)F)C(=O)c1[nH]c(C)c(C(=O)OC)c1C. The average molecular weight is 425 g/mol. The highest BCUT2D eigenvalue weighted by Crippen LogP contribution is 2.34. The van der Waals surface area contributed by atoms with Crippen molar-refractivity contribution in [1.29, 1.82) is 0 Å². The van der Waals surface area contributed by atoms with Crippen LogP contribution in [0.5, 0.6) is 0 Å². The van der Waals surface area contributed by atoms with Crippen LogP contribution in [-0.4, -0.2) is 47.9 Å². The summed E-state index contributed by atoms with van der Waals surface area (Å²) in [5.74, 6) is -1.95. The van der Waals surface area contributed by atoms with Gasteiger partial charge >= 0.3 is 12.1 Å². The maximum Gasteiger partial charge on any atom is 0.418 e. The van der Waals surface area contributed by atoms with E-state index in [0.717, 1.165) is 17.0 Å². The van der Waals surface area contributed by atoms with Crippen molar-refractivity contribution in [3.63, 3.8) is 0 Å². The van der Waals surface area contributed by atoms with Crippen molar-refractivity contribution < 1.29 is 32.3 Å². The molecule has 1 aromatic carbocycles. The fraction of sp³-hybridized carbons (Fsp3) is 0.350. The highest BCUT2D eigenvalue weighted by Gasteiger charge is 2.34. The number of aromatic amines is 1. The highest BCUT2D eigenvalue weighted by atomic mass is 19.4. The molecule has 2 aromatic rings. The van der Waals surface area contributed by atoms with Gasteiger partial charge in [-0.05, 0) is 38.5 Å². The van der Waals surface area contributed by atoms with E-state index in [4.69, 9.17) is 4.74 Å². The number of carbonyl (C=O) groups is 3. The second kappa shape index (κ2) is 9.02. The molecule has 30 heavy (non-hydrogen) atoms. The minimum atomic E-state index is -4.63. The van der Waals surface area contributed by atoms with Crippen molar-refractivity contribution in [3.05, 3.63) is 52.3 Å². The van der Waals surface area contributed by atoms with Gasteiger partial charge in [-0.15, -0.1) is 0 Å². The number of carbonyl (C=O) groups excluding carboxylic acids is 3. The minimum absolute atomic E-state index is 0.109. The summed E-state index contributed by atoms with van der Waals surface area (Å²) in [5.41, 5.74) is -0.240. The van der Waals surface area contributed by atoms with E-state index in [1.807, 2.05) is 0 Å². The Balaban J connectivity index is 2.21. The molecule has 0 fully saturated rings. The molecule has 2 N–H and O–H groups in total. The summed E-state index contributed by atoms with van der Waals surface area (Å²) < 4.78 is 44.0. The van der Waals surface area contributed by atoms with Gasteiger partial charge in [-0.3, -0.25) is 9.59 Å². The average Bonchev–Trinajstić information content (AvgIpc) is 2.98. The van der Waals surface area contributed by atoms with E-state index in [9.17, 15) is 27.6 Å². The third-order valence-electron chi connectivity index (χ3n) is 4.55. The van der Waals surface area contributed by atoms with Crippen LogP contribution in [-0.2, 0) is 15.7 Å². The maximum absolute atomic E-state index is 13.1. The molecule has 0 saturated carbocycles. The van der Waals surface area contributed by atoms with Crippen molar-refractivity contribution in [3.8, 4) is 0 Å². The van der Waals surface area contributed by atoms with Crippen molar-refractivity contribution in [2.24, 2.45) is 0 Å². The number of likely N-dealkylation sites (N-methyl/N-ethyl adjacent to an activating group) is 1. The van der Waals surface area contributed by atoms with Crippen LogP contribution in [0.1, 0.15) is 44.6 Å². The molecule has 2 amide bonds. The number of anilines is 1. The number of esters is 1. The Bertz CT molecular complexity index is 967. The second-order valence-electron chi connectivity index (χ2n) is 6.53. The van der Waals surface area contributed by atoms with E-state index < -0.39 is 41.8 Å². The summed E-state index contributed by atoms with van der Waals surface area (Å²) in [6.45, 7) is 4.45. The monoisotopic (exact) mass is 425 g/mol. The zero-order valence-corrected chi connectivity index (χ0v) is 16.9. The lowest BCUT2D eigenvalue weighted by atomic mass is 10.1. The smallest absolute Gasteiger partial charge is 0.418 e. The molecule has 2 rings (SSSR count). The standard InChI is InChI=1S/C20H22F3N3O4/c1-5-26(18(28)17-11(2)16(12(3)24-17)19(29)30-4)10-15(27)25-14-9-7-6-8-13(14)20(21,22)23/h6-9,24H,5,10H2,1-4H3,(H,25,27). The van der Waals surface area contributed by atoms with Crippen molar-refractivity contribution >= 4 is 23.5 Å². The van der Waals surface area contributed by atoms with Gasteiger partial charge in [-0.1, -0.05) is 12.1 Å². The van der Waals surface area contributed by atoms with Gasteiger partial charge in [0.2, 0.25) is 5.91 Å². The van der Waals surface area contributed by atoms with E-state index in [1.54, 1.807) is 20.8 Å². The summed E-state index contributed by atoms with van der Waals surface area (Å²) in [6.07, 6.45) is -4.63. The lowest BCUT2D eigenvalue weighted by molar-refractivity contribution is -0.137. The predicted octanol–water partition coefficient (Wildman–Crippen LogP) is 3.54. The van der Waals surface area contributed by atoms with E-state index in [-0.39, 0.29) is 17.8 Å². The summed E-state index contributed by atoms with van der Waals surface area (Å²) in [4.78, 5) is 41.1. The van der Waals surface area contributed by atoms with Gasteiger partial charge in [0, 0.05) is 12.2 Å². The Labute approximate surface area is 171 Å². The third-order valence-corrected chi connectivity index (χ3v) is 4.55. The van der Waals surface area contributed by atoms with Gasteiger partial charge in [-0.2, -0.15) is 13.2 Å². The van der Waals surface area contributed by atoms with Crippen LogP contribution in [0, 0.1) is 13.8 Å². The fourth-order valence-corrected chi connectivity index (χ4v) is 3.06. The molecule has 0 spiro atoms. The van der Waals surface area contributed by atoms with Crippen LogP contribution in [0.3, 0.4) is 0 Å². The van der Waals surface area contributed by atoms with Gasteiger partial charge < -0.3 is 19.9 Å². The van der Waals surface area contributed by atoms with E-state index in [1.165, 1.54) is 19.2 Å². The molecule has 0 saturated heterocycles. The molecule has 0 bridgehead atoms. The first kappa shape index (κ1) is 23.0. The van der Waals surface area contributed by atoms with Crippen molar-refractivity contribution in [2.45, 2.75) is 26.9 Å². The van der Waals surface area contributed by atoms with Crippen LogP contribution >= 0.6 is 0 Å². The van der Waals surface area contributed by atoms with Crippen molar-refractivity contribution in [2.75, 3.05) is 25.5 Å². The molecule has 1 heterocycles. The number of amides is 2. The molecule has 0 radical (unpaired) electrons. The van der Waals surface area contributed by atoms with Gasteiger partial charge in [0.1, 0.15) is 12.2 Å². The molecule has 0 unspecified atom stereocenters. The predicted molar refractivity (Wildman–Crippen MR) is 103 cm³/mol. The number of nitrogens with one attached hydrogen (secondary N) is 2. The Morgan fingerprint density at radius 3 is 2.37 bits per heavy atom. The number of halogens is 3. The van der Waals surface area contributed by atoms with Crippen LogP contribution in [0.2, 0.25) is 0 Å². The number of hydrogen-bond donors (Lipinski definition) is 2. The summed E-state index contributed by atoms with van der Waals surface area (Å²) in [6, 6.07) is 4.58. The maximum atomic E-state index is 13.1. The Kier molecular flexibility index (Phi) is 6.91. The first-order valence-electron chi connectivity index (χ1n) is 9.04. The van der Waals surface area contributed by atoms with E-state index in [0.29, 0.717) is 11.3 Å². The molecule has 10 heteroatoms. The number of alkyl halides is 3. The molecule has 1 aromatic heterocycles.